The summed E-state index contributed by atoms with van der Waals surface area (Å²) in [6, 6.07) is 1.00. The van der Waals surface area contributed by atoms with Crippen molar-refractivity contribution >= 4 is 34.5 Å². The van der Waals surface area contributed by atoms with Gasteiger partial charge in [-0.15, -0.1) is 0 Å². The maximum atomic E-state index is 14.7. The van der Waals surface area contributed by atoms with E-state index in [0.717, 1.165) is 0 Å². The molecule has 4 rings (SSSR count). The monoisotopic (exact) mass is 531 g/mol. The largest absolute Gasteiger partial charge is 0.444 e. The number of hydrogen-bond donors (Lipinski definition) is 0. The van der Waals surface area contributed by atoms with E-state index in [0.29, 0.717) is 42.1 Å². The van der Waals surface area contributed by atoms with Crippen molar-refractivity contribution < 1.29 is 13.9 Å². The number of halogens is 2. The Bertz CT molecular complexity index is 1420. The number of piperazine rings is 1. The summed E-state index contributed by atoms with van der Waals surface area (Å²) in [7, 11) is 0. The van der Waals surface area contributed by atoms with Crippen molar-refractivity contribution in [1.82, 2.24) is 29.4 Å². The first kappa shape index (κ1) is 26.7. The number of ether oxygens (including phenoxy) is 1. The standard InChI is InChI=1S/C25H31ClFN7O3/c1-13(2)18-19(15(4)28-12-29-18)34-22-16(10-17(27)20(26)30-22)21(31-23(34)35)33-9-8-32(11-14(33)3)24(36)37-25(5,6)7/h10,12-14H,8-9,11H2,1-7H3/t14-/m0/s1. The molecule has 0 aromatic carbocycles. The molecule has 0 unspecified atom stereocenters. The Morgan fingerprint density at radius 1 is 1.22 bits per heavy atom. The highest BCUT2D eigenvalue weighted by molar-refractivity contribution is 6.30. The lowest BCUT2D eigenvalue weighted by Gasteiger charge is -2.41. The zero-order valence-corrected chi connectivity index (χ0v) is 22.8. The van der Waals surface area contributed by atoms with E-state index >= 15 is 0 Å². The van der Waals surface area contributed by atoms with Gasteiger partial charge in [0.25, 0.3) is 0 Å². The summed E-state index contributed by atoms with van der Waals surface area (Å²) >= 11 is 6.09. The van der Waals surface area contributed by atoms with Crippen LogP contribution < -0.4 is 10.6 Å². The van der Waals surface area contributed by atoms with Crippen molar-refractivity contribution in [3.8, 4) is 5.69 Å². The quantitative estimate of drug-likeness (QED) is 0.462. The minimum atomic E-state index is -0.729. The second kappa shape index (κ2) is 9.85. The van der Waals surface area contributed by atoms with Gasteiger partial charge in [0.1, 0.15) is 17.7 Å². The van der Waals surface area contributed by atoms with Crippen molar-refractivity contribution in [3.63, 3.8) is 0 Å². The smallest absolute Gasteiger partial charge is 0.410 e. The summed E-state index contributed by atoms with van der Waals surface area (Å²) in [6.45, 7) is 14.1. The van der Waals surface area contributed by atoms with E-state index in [1.54, 1.807) is 11.8 Å². The molecular formula is C25H31ClFN7O3. The van der Waals surface area contributed by atoms with Gasteiger partial charge in [0.15, 0.2) is 16.6 Å². The molecule has 1 aliphatic rings. The summed E-state index contributed by atoms with van der Waals surface area (Å²) in [6.07, 6.45) is 1.03. The zero-order chi connectivity index (χ0) is 27.2. The summed E-state index contributed by atoms with van der Waals surface area (Å²) in [5.41, 5.74) is 0.563. The van der Waals surface area contributed by atoms with Crippen LogP contribution in [0.2, 0.25) is 5.15 Å². The molecule has 12 heteroatoms. The van der Waals surface area contributed by atoms with Gasteiger partial charge in [-0.2, -0.15) is 4.98 Å². The molecule has 3 aromatic rings. The van der Waals surface area contributed by atoms with E-state index in [1.165, 1.54) is 17.0 Å². The predicted octanol–water partition coefficient (Wildman–Crippen LogP) is 4.24. The number of aryl methyl sites for hydroxylation is 1. The number of carbonyl (C=O) groups is 1. The van der Waals surface area contributed by atoms with Crippen LogP contribution in [0.25, 0.3) is 16.7 Å². The molecule has 1 amide bonds. The Labute approximate surface area is 219 Å². The van der Waals surface area contributed by atoms with E-state index in [9.17, 15) is 14.0 Å². The first-order valence-corrected chi connectivity index (χ1v) is 12.5. The Balaban J connectivity index is 1.85. The maximum absolute atomic E-state index is 14.7. The van der Waals surface area contributed by atoms with Crippen molar-refractivity contribution in [2.45, 2.75) is 66.0 Å². The second-order valence-electron chi connectivity index (χ2n) is 10.5. The van der Waals surface area contributed by atoms with E-state index in [1.807, 2.05) is 46.4 Å². The van der Waals surface area contributed by atoms with Crippen LogP contribution in [0, 0.1) is 12.7 Å². The summed E-state index contributed by atoms with van der Waals surface area (Å²) in [4.78, 5) is 47.0. The summed E-state index contributed by atoms with van der Waals surface area (Å²) < 4.78 is 21.5. The van der Waals surface area contributed by atoms with Gasteiger partial charge in [-0.25, -0.2) is 33.5 Å². The molecule has 0 bridgehead atoms. The molecule has 1 atom stereocenters. The lowest BCUT2D eigenvalue weighted by atomic mass is 10.1. The van der Waals surface area contributed by atoms with E-state index in [2.05, 4.69) is 19.9 Å². The molecule has 10 nitrogen and oxygen atoms in total. The van der Waals surface area contributed by atoms with Crippen molar-refractivity contribution in [3.05, 3.63) is 45.2 Å². The number of pyridine rings is 1. The average Bonchev–Trinajstić information content (AvgIpc) is 2.79. The van der Waals surface area contributed by atoms with Gasteiger partial charge in [-0.05, 0) is 46.6 Å². The highest BCUT2D eigenvalue weighted by atomic mass is 35.5. The first-order valence-electron chi connectivity index (χ1n) is 12.1. The Morgan fingerprint density at radius 3 is 2.54 bits per heavy atom. The Morgan fingerprint density at radius 2 is 1.92 bits per heavy atom. The average molecular weight is 532 g/mol. The molecule has 3 aromatic heterocycles. The normalized spacial score (nSPS) is 16.5. The Kier molecular flexibility index (Phi) is 7.11. The van der Waals surface area contributed by atoms with E-state index in [-0.39, 0.29) is 28.6 Å². The molecule has 37 heavy (non-hydrogen) atoms. The highest BCUT2D eigenvalue weighted by Crippen LogP contribution is 2.31. The van der Waals surface area contributed by atoms with Crippen LogP contribution in [-0.4, -0.2) is 66.8 Å². The van der Waals surface area contributed by atoms with Crippen LogP contribution in [0.1, 0.15) is 58.8 Å². The fourth-order valence-electron chi connectivity index (χ4n) is 4.45. The predicted molar refractivity (Wildman–Crippen MR) is 139 cm³/mol. The van der Waals surface area contributed by atoms with Gasteiger partial charge in [0.05, 0.1) is 22.5 Å². The lowest BCUT2D eigenvalue weighted by Crippen LogP contribution is -2.55. The number of amides is 1. The highest BCUT2D eigenvalue weighted by Gasteiger charge is 2.32. The number of fused-ring (bicyclic) bond motifs is 1. The number of nitrogens with zero attached hydrogens (tertiary/aromatic N) is 7. The molecule has 198 valence electrons. The molecule has 0 aliphatic carbocycles. The molecule has 0 radical (unpaired) electrons. The lowest BCUT2D eigenvalue weighted by molar-refractivity contribution is 0.0218. The minimum absolute atomic E-state index is 0.0322. The molecule has 0 spiro atoms. The van der Waals surface area contributed by atoms with Gasteiger partial charge >= 0.3 is 11.8 Å². The van der Waals surface area contributed by atoms with Crippen LogP contribution in [0.4, 0.5) is 15.0 Å². The molecule has 1 aliphatic heterocycles. The fraction of sp³-hybridized carbons (Fsp3) is 0.520. The minimum Gasteiger partial charge on any atom is -0.444 e. The van der Waals surface area contributed by atoms with Gasteiger partial charge in [-0.3, -0.25) is 0 Å². The molecule has 1 fully saturated rings. The number of anilines is 1. The summed E-state index contributed by atoms with van der Waals surface area (Å²) in [5, 5.41) is -0.0433. The van der Waals surface area contributed by atoms with Crippen LogP contribution in [0.3, 0.4) is 0 Å². The third-order valence-electron chi connectivity index (χ3n) is 6.11. The van der Waals surface area contributed by atoms with Gasteiger partial charge < -0.3 is 14.5 Å². The SMILES string of the molecule is Cc1ncnc(C(C)C)c1-n1c(=O)nc(N2CCN(C(=O)OC(C)(C)C)C[C@@H]2C)c2cc(F)c(Cl)nc21. The van der Waals surface area contributed by atoms with Crippen molar-refractivity contribution in [1.29, 1.82) is 0 Å². The summed E-state index contributed by atoms with van der Waals surface area (Å²) in [5.74, 6) is -0.487. The Hall–Kier alpha value is -3.34. The van der Waals surface area contributed by atoms with Crippen LogP contribution >= 0.6 is 11.6 Å². The van der Waals surface area contributed by atoms with E-state index < -0.39 is 23.2 Å². The first-order chi connectivity index (χ1) is 17.3. The molecule has 0 saturated carbocycles. The molecular weight excluding hydrogens is 501 g/mol. The van der Waals surface area contributed by atoms with Gasteiger partial charge in [0, 0.05) is 25.7 Å². The van der Waals surface area contributed by atoms with Crippen molar-refractivity contribution in [2.24, 2.45) is 0 Å². The van der Waals surface area contributed by atoms with Crippen LogP contribution in [-0.2, 0) is 4.74 Å². The zero-order valence-electron chi connectivity index (χ0n) is 22.0. The third-order valence-corrected chi connectivity index (χ3v) is 6.38. The topological polar surface area (TPSA) is 106 Å². The number of aromatic nitrogens is 5. The van der Waals surface area contributed by atoms with E-state index in [4.69, 9.17) is 16.3 Å². The number of carbonyl (C=O) groups excluding carboxylic acids is 1. The molecule has 4 heterocycles. The molecule has 1 saturated heterocycles. The molecule has 0 N–H and O–H groups in total. The maximum Gasteiger partial charge on any atom is 0.410 e. The van der Waals surface area contributed by atoms with Crippen LogP contribution in [0.5, 0.6) is 0 Å². The number of hydrogen-bond acceptors (Lipinski definition) is 8. The van der Waals surface area contributed by atoms with Crippen molar-refractivity contribution in [2.75, 3.05) is 24.5 Å². The number of rotatable bonds is 3. The van der Waals surface area contributed by atoms with Crippen LogP contribution in [0.15, 0.2) is 17.2 Å². The van der Waals surface area contributed by atoms with Gasteiger partial charge in [-0.1, -0.05) is 25.4 Å². The third kappa shape index (κ3) is 5.22. The van der Waals surface area contributed by atoms with Gasteiger partial charge in [0.2, 0.25) is 0 Å². The second-order valence-corrected chi connectivity index (χ2v) is 10.9. The fourth-order valence-corrected chi connectivity index (χ4v) is 4.59.